The molecule has 0 amide bonds. The Morgan fingerprint density at radius 3 is 2.70 bits per heavy atom. The molecule has 0 spiro atoms. The van der Waals surface area contributed by atoms with Gasteiger partial charge in [0.15, 0.2) is 0 Å². The summed E-state index contributed by atoms with van der Waals surface area (Å²) in [6.45, 7) is 0.853. The van der Waals surface area contributed by atoms with E-state index in [-0.39, 0.29) is 28.4 Å². The number of ether oxygens (including phenoxy) is 1. The first kappa shape index (κ1) is 17.5. The number of rotatable bonds is 3. The lowest BCUT2D eigenvalue weighted by Crippen LogP contribution is -2.45. The molecule has 1 aromatic carbocycles. The Labute approximate surface area is 130 Å². The summed E-state index contributed by atoms with van der Waals surface area (Å²) in [5.74, 6) is 0.455. The van der Waals surface area contributed by atoms with Crippen LogP contribution in [0.5, 0.6) is 5.75 Å². The summed E-state index contributed by atoms with van der Waals surface area (Å²) >= 11 is 5.97. The van der Waals surface area contributed by atoms with E-state index in [2.05, 4.69) is 0 Å². The average molecular weight is 341 g/mol. The van der Waals surface area contributed by atoms with Gasteiger partial charge in [-0.2, -0.15) is 4.31 Å². The second-order valence-electron chi connectivity index (χ2n) is 4.56. The number of hydrogen-bond acceptors (Lipinski definition) is 4. The van der Waals surface area contributed by atoms with Crippen molar-refractivity contribution in [2.24, 2.45) is 5.73 Å². The minimum absolute atomic E-state index is 0. The van der Waals surface area contributed by atoms with Gasteiger partial charge in [0.25, 0.3) is 0 Å². The fraction of sp³-hybridized carbons (Fsp3) is 0.500. The van der Waals surface area contributed by atoms with Gasteiger partial charge in [0.1, 0.15) is 5.75 Å². The van der Waals surface area contributed by atoms with Gasteiger partial charge in [0.2, 0.25) is 10.0 Å². The van der Waals surface area contributed by atoms with Crippen molar-refractivity contribution in [1.29, 1.82) is 0 Å². The number of benzene rings is 1. The maximum absolute atomic E-state index is 12.5. The lowest BCUT2D eigenvalue weighted by molar-refractivity contribution is 0.316. The maximum Gasteiger partial charge on any atom is 0.243 e. The molecule has 8 heteroatoms. The quantitative estimate of drug-likeness (QED) is 0.911. The molecule has 2 N–H and O–H groups in total. The zero-order valence-corrected chi connectivity index (χ0v) is 13.5. The van der Waals surface area contributed by atoms with E-state index in [1.807, 2.05) is 0 Å². The SMILES string of the molecule is COc1ccc(S(=O)(=O)N2CCCC(N)C2)cc1Cl.Cl. The van der Waals surface area contributed by atoms with Crippen molar-refractivity contribution in [1.82, 2.24) is 4.31 Å². The summed E-state index contributed by atoms with van der Waals surface area (Å²) in [6.07, 6.45) is 1.64. The molecule has 1 unspecified atom stereocenters. The van der Waals surface area contributed by atoms with Crippen molar-refractivity contribution < 1.29 is 13.2 Å². The predicted molar refractivity (Wildman–Crippen MR) is 81.2 cm³/mol. The lowest BCUT2D eigenvalue weighted by atomic mass is 10.1. The smallest absolute Gasteiger partial charge is 0.243 e. The van der Waals surface area contributed by atoms with Gasteiger partial charge >= 0.3 is 0 Å². The largest absolute Gasteiger partial charge is 0.495 e. The van der Waals surface area contributed by atoms with E-state index < -0.39 is 10.0 Å². The van der Waals surface area contributed by atoms with Crippen molar-refractivity contribution in [3.63, 3.8) is 0 Å². The Hall–Kier alpha value is -0.530. The molecule has 114 valence electrons. The molecule has 1 aliphatic rings. The van der Waals surface area contributed by atoms with E-state index >= 15 is 0 Å². The average Bonchev–Trinajstić information content (AvgIpc) is 2.38. The minimum Gasteiger partial charge on any atom is -0.495 e. The molecule has 0 aromatic heterocycles. The van der Waals surface area contributed by atoms with Crippen LogP contribution in [0.2, 0.25) is 5.02 Å². The van der Waals surface area contributed by atoms with Crippen LogP contribution in [0, 0.1) is 0 Å². The molecule has 1 saturated heterocycles. The molecule has 0 aliphatic carbocycles. The number of nitrogens with two attached hydrogens (primary N) is 1. The van der Waals surface area contributed by atoms with Gasteiger partial charge in [-0.1, -0.05) is 11.6 Å². The highest BCUT2D eigenvalue weighted by atomic mass is 35.5. The van der Waals surface area contributed by atoms with Crippen molar-refractivity contribution in [2.75, 3.05) is 20.2 Å². The zero-order chi connectivity index (χ0) is 14.0. The van der Waals surface area contributed by atoms with Crippen LogP contribution in [0.4, 0.5) is 0 Å². The molecule has 1 atom stereocenters. The van der Waals surface area contributed by atoms with Gasteiger partial charge in [-0.05, 0) is 31.0 Å². The Morgan fingerprint density at radius 1 is 1.45 bits per heavy atom. The summed E-state index contributed by atoms with van der Waals surface area (Å²) in [7, 11) is -2.04. The van der Waals surface area contributed by atoms with E-state index in [4.69, 9.17) is 22.1 Å². The molecule has 1 aromatic rings. The number of sulfonamides is 1. The second kappa shape index (κ2) is 6.95. The topological polar surface area (TPSA) is 72.6 Å². The maximum atomic E-state index is 12.5. The monoisotopic (exact) mass is 340 g/mol. The fourth-order valence-corrected chi connectivity index (χ4v) is 4.03. The van der Waals surface area contributed by atoms with Crippen molar-refractivity contribution in [3.8, 4) is 5.75 Å². The Morgan fingerprint density at radius 2 is 2.15 bits per heavy atom. The second-order valence-corrected chi connectivity index (χ2v) is 6.91. The van der Waals surface area contributed by atoms with Gasteiger partial charge in [-0.3, -0.25) is 0 Å². The third kappa shape index (κ3) is 3.56. The number of methoxy groups -OCH3 is 1. The Balaban J connectivity index is 0.00000200. The van der Waals surface area contributed by atoms with E-state index in [9.17, 15) is 8.42 Å². The highest BCUT2D eigenvalue weighted by molar-refractivity contribution is 7.89. The molecule has 1 aliphatic heterocycles. The van der Waals surface area contributed by atoms with E-state index in [0.29, 0.717) is 18.8 Å². The first-order valence-corrected chi connectivity index (χ1v) is 7.86. The molecular formula is C12H18Cl2N2O3S. The number of halogens is 2. The zero-order valence-electron chi connectivity index (χ0n) is 11.1. The highest BCUT2D eigenvalue weighted by Gasteiger charge is 2.29. The molecule has 0 bridgehead atoms. The summed E-state index contributed by atoms with van der Waals surface area (Å²) in [5.41, 5.74) is 5.82. The van der Waals surface area contributed by atoms with E-state index in [1.54, 1.807) is 6.07 Å². The number of nitrogens with zero attached hydrogens (tertiary/aromatic N) is 1. The van der Waals surface area contributed by atoms with Gasteiger partial charge in [-0.25, -0.2) is 8.42 Å². The summed E-state index contributed by atoms with van der Waals surface area (Å²) < 4.78 is 31.3. The molecule has 20 heavy (non-hydrogen) atoms. The molecular weight excluding hydrogens is 323 g/mol. The van der Waals surface area contributed by atoms with Crippen molar-refractivity contribution in [3.05, 3.63) is 23.2 Å². The standard InChI is InChI=1S/C12H17ClN2O3S.ClH/c1-18-12-5-4-10(7-11(12)13)19(16,17)15-6-2-3-9(14)8-15;/h4-5,7,9H,2-3,6,8,14H2,1H3;1H. The molecule has 1 heterocycles. The normalized spacial score (nSPS) is 20.2. The van der Waals surface area contributed by atoms with E-state index in [1.165, 1.54) is 23.5 Å². The number of piperidine rings is 1. The van der Waals surface area contributed by atoms with Crippen LogP contribution in [0.3, 0.4) is 0 Å². The molecule has 0 radical (unpaired) electrons. The fourth-order valence-electron chi connectivity index (χ4n) is 2.15. The highest BCUT2D eigenvalue weighted by Crippen LogP contribution is 2.29. The Bertz CT molecular complexity index is 566. The first-order chi connectivity index (χ1) is 8.95. The van der Waals surface area contributed by atoms with Crippen LogP contribution >= 0.6 is 24.0 Å². The summed E-state index contributed by atoms with van der Waals surface area (Å²) in [4.78, 5) is 0.174. The van der Waals surface area contributed by atoms with Gasteiger partial charge in [0, 0.05) is 19.1 Å². The third-order valence-electron chi connectivity index (χ3n) is 3.18. The predicted octanol–water partition coefficient (Wildman–Crippen LogP) is 1.88. The van der Waals surface area contributed by atoms with Crippen molar-refractivity contribution >= 4 is 34.0 Å². The van der Waals surface area contributed by atoms with Crippen LogP contribution in [0.15, 0.2) is 23.1 Å². The van der Waals surface area contributed by atoms with Crippen molar-refractivity contribution in [2.45, 2.75) is 23.8 Å². The summed E-state index contributed by atoms with van der Waals surface area (Å²) in [6, 6.07) is 4.37. The number of hydrogen-bond donors (Lipinski definition) is 1. The summed E-state index contributed by atoms with van der Waals surface area (Å²) in [5, 5.41) is 0.282. The van der Waals surface area contributed by atoms with Crippen LogP contribution in [-0.2, 0) is 10.0 Å². The molecule has 1 fully saturated rings. The van der Waals surface area contributed by atoms with Gasteiger partial charge in [-0.15, -0.1) is 12.4 Å². The Kier molecular flexibility index (Phi) is 6.09. The van der Waals surface area contributed by atoms with Crippen LogP contribution < -0.4 is 10.5 Å². The van der Waals surface area contributed by atoms with Crippen LogP contribution in [-0.4, -0.2) is 39.0 Å². The third-order valence-corrected chi connectivity index (χ3v) is 5.34. The molecule has 0 saturated carbocycles. The first-order valence-electron chi connectivity index (χ1n) is 6.04. The minimum atomic E-state index is -3.53. The lowest BCUT2D eigenvalue weighted by Gasteiger charge is -2.29. The molecule has 2 rings (SSSR count). The molecule has 5 nitrogen and oxygen atoms in total. The van der Waals surface area contributed by atoms with Crippen LogP contribution in [0.1, 0.15) is 12.8 Å². The van der Waals surface area contributed by atoms with Crippen LogP contribution in [0.25, 0.3) is 0 Å². The van der Waals surface area contributed by atoms with Gasteiger partial charge in [0.05, 0.1) is 17.0 Å². The van der Waals surface area contributed by atoms with E-state index in [0.717, 1.165) is 12.8 Å². The van der Waals surface area contributed by atoms with Gasteiger partial charge < -0.3 is 10.5 Å².